The summed E-state index contributed by atoms with van der Waals surface area (Å²) in [6, 6.07) is 11.4. The van der Waals surface area contributed by atoms with Gasteiger partial charge in [0.05, 0.1) is 17.8 Å². The molecule has 1 aromatic carbocycles. The van der Waals surface area contributed by atoms with Gasteiger partial charge in [0.2, 0.25) is 0 Å². The van der Waals surface area contributed by atoms with E-state index in [-0.39, 0.29) is 5.56 Å². The largest absolute Gasteiger partial charge is 0.478 e. The van der Waals surface area contributed by atoms with Gasteiger partial charge in [-0.15, -0.1) is 0 Å². The third kappa shape index (κ3) is 2.32. The summed E-state index contributed by atoms with van der Waals surface area (Å²) >= 11 is 3.53. The first-order valence-corrected chi connectivity index (χ1v) is 6.86. The Morgan fingerprint density at radius 1 is 1.25 bits per heavy atom. The van der Waals surface area contributed by atoms with Crippen molar-refractivity contribution in [1.29, 1.82) is 0 Å². The third-order valence-electron chi connectivity index (χ3n) is 3.16. The van der Waals surface area contributed by atoms with Gasteiger partial charge in [-0.05, 0) is 30.3 Å². The van der Waals surface area contributed by atoms with Gasteiger partial charge in [-0.1, -0.05) is 22.0 Å². The summed E-state index contributed by atoms with van der Waals surface area (Å²) in [5.41, 5.74) is 2.14. The van der Waals surface area contributed by atoms with Crippen LogP contribution in [0.4, 0.5) is 0 Å². The van der Waals surface area contributed by atoms with Crippen molar-refractivity contribution in [3.63, 3.8) is 0 Å². The zero-order valence-corrected chi connectivity index (χ0v) is 12.0. The lowest BCUT2D eigenvalue weighted by atomic mass is 10.2. The number of nitrogens with zero attached hydrogens (tertiary/aromatic N) is 2. The Morgan fingerprint density at radius 3 is 2.80 bits per heavy atom. The Bertz CT molecular complexity index is 778. The van der Waals surface area contributed by atoms with Crippen molar-refractivity contribution in [3.05, 3.63) is 64.5 Å². The number of carboxylic acid groups (broad SMARTS) is 1. The van der Waals surface area contributed by atoms with Crippen LogP contribution in [0.3, 0.4) is 0 Å². The van der Waals surface area contributed by atoms with Crippen LogP contribution < -0.4 is 0 Å². The second-order valence-electron chi connectivity index (χ2n) is 4.46. The van der Waals surface area contributed by atoms with Crippen molar-refractivity contribution in [3.8, 4) is 0 Å². The minimum Gasteiger partial charge on any atom is -0.478 e. The molecule has 3 rings (SSSR count). The summed E-state index contributed by atoms with van der Waals surface area (Å²) in [4.78, 5) is 15.0. The highest BCUT2D eigenvalue weighted by Crippen LogP contribution is 2.25. The lowest BCUT2D eigenvalue weighted by molar-refractivity contribution is 0.0696. The zero-order valence-electron chi connectivity index (χ0n) is 10.5. The maximum absolute atomic E-state index is 10.8. The highest BCUT2D eigenvalue weighted by Gasteiger charge is 2.06. The van der Waals surface area contributed by atoms with Crippen LogP contribution in [0, 0.1) is 0 Å². The van der Waals surface area contributed by atoms with Crippen molar-refractivity contribution in [2.45, 2.75) is 6.54 Å². The van der Waals surface area contributed by atoms with Gasteiger partial charge in [0.15, 0.2) is 0 Å². The van der Waals surface area contributed by atoms with Gasteiger partial charge in [-0.2, -0.15) is 0 Å². The third-order valence-corrected chi connectivity index (χ3v) is 3.86. The van der Waals surface area contributed by atoms with E-state index in [0.717, 1.165) is 21.1 Å². The average Bonchev–Trinajstić information content (AvgIpc) is 2.84. The smallest absolute Gasteiger partial charge is 0.337 e. The Morgan fingerprint density at radius 2 is 2.10 bits per heavy atom. The maximum Gasteiger partial charge on any atom is 0.337 e. The maximum atomic E-state index is 10.8. The van der Waals surface area contributed by atoms with E-state index in [4.69, 9.17) is 5.11 Å². The molecule has 0 aliphatic carbocycles. The van der Waals surface area contributed by atoms with Gasteiger partial charge in [0.1, 0.15) is 0 Å². The van der Waals surface area contributed by atoms with Gasteiger partial charge in [-0.25, -0.2) is 4.79 Å². The summed E-state index contributed by atoms with van der Waals surface area (Å²) in [6.07, 6.45) is 3.39. The number of carbonyl (C=O) groups is 1. The molecule has 0 spiro atoms. The molecule has 1 N–H and O–H groups in total. The Labute approximate surface area is 123 Å². The second kappa shape index (κ2) is 5.09. The van der Waals surface area contributed by atoms with E-state index in [2.05, 4.69) is 25.5 Å². The van der Waals surface area contributed by atoms with Gasteiger partial charge in [0.25, 0.3) is 0 Å². The number of hydrogen-bond acceptors (Lipinski definition) is 2. The summed E-state index contributed by atoms with van der Waals surface area (Å²) in [7, 11) is 0. The molecule has 5 heteroatoms. The molecule has 0 atom stereocenters. The molecular weight excluding hydrogens is 320 g/mol. The molecule has 0 amide bonds. The monoisotopic (exact) mass is 330 g/mol. The predicted octanol–water partition coefficient (Wildman–Crippen LogP) is 3.55. The number of aromatic carboxylic acids is 1. The zero-order chi connectivity index (χ0) is 14.1. The van der Waals surface area contributed by atoms with Crippen LogP contribution in [0.5, 0.6) is 0 Å². The van der Waals surface area contributed by atoms with Crippen LogP contribution in [-0.2, 0) is 6.54 Å². The highest BCUT2D eigenvalue weighted by atomic mass is 79.9. The molecular formula is C15H11BrN2O2. The Hall–Kier alpha value is -2.14. The number of carboxylic acids is 1. The van der Waals surface area contributed by atoms with Crippen LogP contribution in [0.2, 0.25) is 0 Å². The molecule has 0 saturated heterocycles. The Kier molecular flexibility index (Phi) is 3.28. The average molecular weight is 331 g/mol. The van der Waals surface area contributed by atoms with Gasteiger partial charge in [0, 0.05) is 27.8 Å². The molecule has 2 heterocycles. The number of halogens is 1. The van der Waals surface area contributed by atoms with E-state index < -0.39 is 5.97 Å². The topological polar surface area (TPSA) is 55.1 Å². The first kappa shape index (κ1) is 12.9. The van der Waals surface area contributed by atoms with Crippen LogP contribution in [0.1, 0.15) is 16.1 Å². The van der Waals surface area contributed by atoms with E-state index in [1.54, 1.807) is 12.1 Å². The van der Waals surface area contributed by atoms with Crippen molar-refractivity contribution in [1.82, 2.24) is 9.55 Å². The molecule has 0 saturated carbocycles. The molecule has 0 bridgehead atoms. The summed E-state index contributed by atoms with van der Waals surface area (Å²) in [6.45, 7) is 0.611. The minimum atomic E-state index is -0.959. The molecule has 100 valence electrons. The fourth-order valence-corrected chi connectivity index (χ4v) is 2.63. The lowest BCUT2D eigenvalue weighted by Gasteiger charge is -2.05. The van der Waals surface area contributed by atoms with Crippen molar-refractivity contribution < 1.29 is 9.90 Å². The van der Waals surface area contributed by atoms with Crippen LogP contribution in [-0.4, -0.2) is 20.6 Å². The van der Waals surface area contributed by atoms with Gasteiger partial charge >= 0.3 is 5.97 Å². The van der Waals surface area contributed by atoms with Crippen LogP contribution in [0.25, 0.3) is 10.9 Å². The van der Waals surface area contributed by atoms with E-state index >= 15 is 0 Å². The molecule has 0 radical (unpaired) electrons. The van der Waals surface area contributed by atoms with Crippen molar-refractivity contribution >= 4 is 32.8 Å². The second-order valence-corrected chi connectivity index (χ2v) is 5.31. The first-order valence-electron chi connectivity index (χ1n) is 6.07. The van der Waals surface area contributed by atoms with Gasteiger partial charge < -0.3 is 9.67 Å². The molecule has 0 aliphatic rings. The SMILES string of the molecule is O=C(O)c1ccc(Cn2ccc3c(Br)cccc32)nc1. The summed E-state index contributed by atoms with van der Waals surface area (Å²) < 4.78 is 3.14. The van der Waals surface area contributed by atoms with Gasteiger partial charge in [-0.3, -0.25) is 4.98 Å². The van der Waals surface area contributed by atoms with E-state index in [0.29, 0.717) is 6.54 Å². The fraction of sp³-hybridized carbons (Fsp3) is 0.0667. The van der Waals surface area contributed by atoms with Crippen molar-refractivity contribution in [2.75, 3.05) is 0 Å². The van der Waals surface area contributed by atoms with Crippen LogP contribution in [0.15, 0.2) is 53.3 Å². The summed E-state index contributed by atoms with van der Waals surface area (Å²) in [5.74, 6) is -0.959. The molecule has 0 unspecified atom stereocenters. The standard InChI is InChI=1S/C15H11BrN2O2/c16-13-2-1-3-14-12(13)6-7-18(14)9-11-5-4-10(8-17-11)15(19)20/h1-8H,9H2,(H,19,20). The molecule has 20 heavy (non-hydrogen) atoms. The number of aromatic nitrogens is 2. The number of benzene rings is 1. The van der Waals surface area contributed by atoms with Crippen molar-refractivity contribution in [2.24, 2.45) is 0 Å². The minimum absolute atomic E-state index is 0.203. The highest BCUT2D eigenvalue weighted by molar-refractivity contribution is 9.10. The first-order chi connectivity index (χ1) is 9.65. The molecule has 0 fully saturated rings. The normalized spacial score (nSPS) is 10.8. The number of pyridine rings is 1. The lowest BCUT2D eigenvalue weighted by Crippen LogP contribution is -2.02. The molecule has 3 aromatic rings. The predicted molar refractivity (Wildman–Crippen MR) is 79.9 cm³/mol. The quantitative estimate of drug-likeness (QED) is 0.799. The number of hydrogen-bond donors (Lipinski definition) is 1. The molecule has 2 aromatic heterocycles. The van der Waals surface area contributed by atoms with E-state index in [9.17, 15) is 4.79 Å². The van der Waals surface area contributed by atoms with E-state index in [1.165, 1.54) is 6.20 Å². The van der Waals surface area contributed by atoms with E-state index in [1.807, 2.05) is 30.5 Å². The van der Waals surface area contributed by atoms with Crippen LogP contribution >= 0.6 is 15.9 Å². The summed E-state index contributed by atoms with van der Waals surface area (Å²) in [5, 5.41) is 10.0. The number of fused-ring (bicyclic) bond motifs is 1. The molecule has 4 nitrogen and oxygen atoms in total. The number of rotatable bonds is 3. The molecule has 0 aliphatic heterocycles. The fourth-order valence-electron chi connectivity index (χ4n) is 2.14. The Balaban J connectivity index is 1.93.